The van der Waals surface area contributed by atoms with E-state index in [4.69, 9.17) is 11.6 Å². The van der Waals surface area contributed by atoms with E-state index in [0.29, 0.717) is 20.2 Å². The Kier molecular flexibility index (Phi) is 5.61. The molecule has 1 saturated heterocycles. The third-order valence-electron chi connectivity index (χ3n) is 4.65. The third kappa shape index (κ3) is 4.25. The molecule has 0 bridgehead atoms. The average molecular weight is 419 g/mol. The molecule has 2 heterocycles. The van der Waals surface area contributed by atoms with Crippen LogP contribution in [0.5, 0.6) is 0 Å². The van der Waals surface area contributed by atoms with Crippen molar-refractivity contribution in [2.24, 2.45) is 4.99 Å². The van der Waals surface area contributed by atoms with Crippen molar-refractivity contribution >= 4 is 57.0 Å². The molecule has 1 aliphatic heterocycles. The van der Waals surface area contributed by atoms with Crippen LogP contribution in [0.1, 0.15) is 42.7 Å². The molecule has 0 atom stereocenters. The van der Waals surface area contributed by atoms with Gasteiger partial charge in [-0.1, -0.05) is 54.3 Å². The summed E-state index contributed by atoms with van der Waals surface area (Å²) in [5.74, 6) is 0.0295. The summed E-state index contributed by atoms with van der Waals surface area (Å²) in [6, 6.07) is 7.70. The maximum absolute atomic E-state index is 13.2. The molecule has 5 nitrogen and oxygen atoms in total. The lowest BCUT2D eigenvalue weighted by molar-refractivity contribution is -0.124. The van der Waals surface area contributed by atoms with Crippen LogP contribution in [0.3, 0.4) is 0 Å². The number of nitrogens with zero attached hydrogens (tertiary/aromatic N) is 4. The minimum Gasteiger partial charge on any atom is -0.283 e. The molecule has 8 heteroatoms. The van der Waals surface area contributed by atoms with Crippen molar-refractivity contribution in [3.8, 4) is 0 Å². The second-order valence-electron chi connectivity index (χ2n) is 6.63. The largest absolute Gasteiger partial charge is 0.283 e. The van der Waals surface area contributed by atoms with Gasteiger partial charge in [-0.25, -0.2) is 0 Å². The number of aromatic nitrogens is 2. The molecule has 2 aromatic rings. The number of hydrogen-bond acceptors (Lipinski definition) is 6. The molecular weight excluding hydrogens is 400 g/mol. The lowest BCUT2D eigenvalue weighted by Gasteiger charge is -2.30. The summed E-state index contributed by atoms with van der Waals surface area (Å²) in [7, 11) is 0. The summed E-state index contributed by atoms with van der Waals surface area (Å²) >= 11 is 8.82. The molecule has 1 aromatic heterocycles. The van der Waals surface area contributed by atoms with Crippen LogP contribution in [0, 0.1) is 6.92 Å². The summed E-state index contributed by atoms with van der Waals surface area (Å²) in [5, 5.41) is 11.0. The quantitative estimate of drug-likeness (QED) is 0.623. The summed E-state index contributed by atoms with van der Waals surface area (Å²) in [4.78, 5) is 20.4. The second-order valence-corrected chi connectivity index (χ2v) is 9.23. The van der Waals surface area contributed by atoms with Crippen molar-refractivity contribution in [2.75, 3.05) is 0 Å². The van der Waals surface area contributed by atoms with Crippen LogP contribution >= 0.6 is 34.7 Å². The van der Waals surface area contributed by atoms with Gasteiger partial charge in [-0.05, 0) is 55.3 Å². The number of aliphatic imine (C=N–C) groups is 1. The first kappa shape index (κ1) is 18.7. The van der Waals surface area contributed by atoms with Crippen molar-refractivity contribution in [1.29, 1.82) is 0 Å². The van der Waals surface area contributed by atoms with Gasteiger partial charge in [-0.15, -0.1) is 10.2 Å². The van der Waals surface area contributed by atoms with Crippen molar-refractivity contribution < 1.29 is 4.79 Å². The van der Waals surface area contributed by atoms with E-state index < -0.39 is 0 Å². The number of amides is 1. The van der Waals surface area contributed by atoms with E-state index >= 15 is 0 Å². The Hall–Kier alpha value is -1.70. The summed E-state index contributed by atoms with van der Waals surface area (Å²) in [5.41, 5.74) is 0.951. The molecule has 140 valence electrons. The molecule has 1 aromatic carbocycles. The molecule has 0 spiro atoms. The molecule has 0 radical (unpaired) electrons. The first-order chi connectivity index (χ1) is 13.1. The smallest absolute Gasteiger partial charge is 0.267 e. The molecule has 1 aliphatic carbocycles. The average Bonchev–Trinajstić information content (AvgIpc) is 3.21. The fourth-order valence-electron chi connectivity index (χ4n) is 3.35. The summed E-state index contributed by atoms with van der Waals surface area (Å²) in [6.45, 7) is 1.90. The van der Waals surface area contributed by atoms with Gasteiger partial charge >= 0.3 is 0 Å². The van der Waals surface area contributed by atoms with E-state index in [1.807, 2.05) is 42.2 Å². The van der Waals surface area contributed by atoms with Crippen molar-refractivity contribution in [3.63, 3.8) is 0 Å². The van der Waals surface area contributed by atoms with Gasteiger partial charge in [0.15, 0.2) is 5.17 Å². The number of halogens is 1. The Morgan fingerprint density at radius 3 is 2.59 bits per heavy atom. The standard InChI is InChI=1S/C19H19ClN4OS2/c1-12-22-23-18(26-12)21-19-24(15-5-3-2-4-6-15)17(25)16(27-19)11-13-7-9-14(20)10-8-13/h7-11,15H,2-6H2,1H3/b16-11-,21-19+. The van der Waals surface area contributed by atoms with Crippen molar-refractivity contribution in [3.05, 3.63) is 44.8 Å². The zero-order valence-electron chi connectivity index (χ0n) is 14.9. The van der Waals surface area contributed by atoms with E-state index in [9.17, 15) is 4.79 Å². The van der Waals surface area contributed by atoms with E-state index in [1.54, 1.807) is 0 Å². The lowest BCUT2D eigenvalue weighted by Crippen LogP contribution is -2.40. The molecular formula is C19H19ClN4OS2. The van der Waals surface area contributed by atoms with Gasteiger partial charge in [-0.2, -0.15) is 4.99 Å². The van der Waals surface area contributed by atoms with E-state index in [1.165, 1.54) is 29.5 Å². The summed E-state index contributed by atoms with van der Waals surface area (Å²) in [6.07, 6.45) is 7.50. The minimum absolute atomic E-state index is 0.0295. The highest BCUT2D eigenvalue weighted by molar-refractivity contribution is 8.18. The second kappa shape index (κ2) is 8.12. The molecule has 0 unspecified atom stereocenters. The SMILES string of the molecule is Cc1nnc(/N=C2/S/C(=C\c3ccc(Cl)cc3)C(=O)N2C2CCCCC2)s1. The van der Waals surface area contributed by atoms with Crippen molar-refractivity contribution in [1.82, 2.24) is 15.1 Å². The molecule has 1 amide bonds. The zero-order valence-corrected chi connectivity index (χ0v) is 17.3. The Morgan fingerprint density at radius 1 is 1.19 bits per heavy atom. The van der Waals surface area contributed by atoms with Gasteiger partial charge in [0, 0.05) is 11.1 Å². The lowest BCUT2D eigenvalue weighted by atomic mass is 9.94. The number of carbonyl (C=O) groups excluding carboxylic acids is 1. The van der Waals surface area contributed by atoms with Crippen LogP contribution < -0.4 is 0 Å². The highest BCUT2D eigenvalue weighted by Gasteiger charge is 2.38. The maximum Gasteiger partial charge on any atom is 0.267 e. The van der Waals surface area contributed by atoms with Crippen LogP contribution in [-0.2, 0) is 4.79 Å². The van der Waals surface area contributed by atoms with Crippen LogP contribution in [0.15, 0.2) is 34.2 Å². The van der Waals surface area contributed by atoms with E-state index in [0.717, 1.165) is 36.3 Å². The number of carbonyl (C=O) groups is 1. The van der Waals surface area contributed by atoms with Gasteiger partial charge in [-0.3, -0.25) is 9.69 Å². The first-order valence-electron chi connectivity index (χ1n) is 8.97. The minimum atomic E-state index is 0.0295. The number of rotatable bonds is 3. The molecule has 2 fully saturated rings. The Labute approximate surface area is 171 Å². The maximum atomic E-state index is 13.2. The fourth-order valence-corrected chi connectivity index (χ4v) is 5.13. The number of aryl methyl sites for hydroxylation is 1. The normalized spacial score (nSPS) is 21.6. The Morgan fingerprint density at radius 2 is 1.93 bits per heavy atom. The van der Waals surface area contributed by atoms with Gasteiger partial charge in [0.2, 0.25) is 5.13 Å². The zero-order chi connectivity index (χ0) is 18.8. The highest BCUT2D eigenvalue weighted by Crippen LogP contribution is 2.38. The fraction of sp³-hybridized carbons (Fsp3) is 0.368. The predicted molar refractivity (Wildman–Crippen MR) is 112 cm³/mol. The molecule has 2 aliphatic rings. The molecule has 0 N–H and O–H groups in total. The molecule has 4 rings (SSSR count). The van der Waals surface area contributed by atoms with E-state index in [-0.39, 0.29) is 11.9 Å². The first-order valence-corrected chi connectivity index (χ1v) is 11.0. The summed E-state index contributed by atoms with van der Waals surface area (Å²) < 4.78 is 0. The number of benzene rings is 1. The van der Waals surface area contributed by atoms with Gasteiger partial charge in [0.05, 0.1) is 4.91 Å². The molecule has 27 heavy (non-hydrogen) atoms. The third-order valence-corrected chi connectivity index (χ3v) is 6.62. The predicted octanol–water partition coefficient (Wildman–Crippen LogP) is 5.44. The van der Waals surface area contributed by atoms with E-state index in [2.05, 4.69) is 15.2 Å². The molecule has 1 saturated carbocycles. The van der Waals surface area contributed by atoms with Crippen LogP contribution in [0.4, 0.5) is 5.13 Å². The number of hydrogen-bond donors (Lipinski definition) is 0. The highest BCUT2D eigenvalue weighted by atomic mass is 35.5. The van der Waals surface area contributed by atoms with Crippen LogP contribution in [-0.4, -0.2) is 32.2 Å². The van der Waals surface area contributed by atoms with Gasteiger partial charge < -0.3 is 0 Å². The van der Waals surface area contributed by atoms with Crippen LogP contribution in [0.2, 0.25) is 5.02 Å². The van der Waals surface area contributed by atoms with Gasteiger partial charge in [0.25, 0.3) is 5.91 Å². The Balaban J connectivity index is 1.68. The number of thioether (sulfide) groups is 1. The van der Waals surface area contributed by atoms with Gasteiger partial charge in [0.1, 0.15) is 5.01 Å². The van der Waals surface area contributed by atoms with Crippen molar-refractivity contribution in [2.45, 2.75) is 45.1 Å². The monoisotopic (exact) mass is 418 g/mol. The number of amidine groups is 1. The Bertz CT molecular complexity index is 901. The van der Waals surface area contributed by atoms with Crippen LogP contribution in [0.25, 0.3) is 6.08 Å². The topological polar surface area (TPSA) is 58.5 Å².